The van der Waals surface area contributed by atoms with Crippen molar-refractivity contribution >= 4 is 11.8 Å². The standard InChI is InChI=1S/C18H27N5/c19-14-1-2-23(9-14)16-8-15(21-18(20)22-16)17-12-4-10-3-11(6-12)7-13(17)5-10/h8,10-14,17H,1-7,9,19H2,(H2,20,21,22)/t10?,11?,12?,13?,14-,17?/m0/s1. The van der Waals surface area contributed by atoms with Gasteiger partial charge in [-0.05, 0) is 62.2 Å². The number of hydrogen-bond acceptors (Lipinski definition) is 5. The number of nitrogens with two attached hydrogens (primary N) is 2. The molecule has 5 nitrogen and oxygen atoms in total. The van der Waals surface area contributed by atoms with Gasteiger partial charge in [-0.15, -0.1) is 0 Å². The summed E-state index contributed by atoms with van der Waals surface area (Å²) in [6.45, 7) is 1.87. The lowest BCUT2D eigenvalue weighted by atomic mass is 9.51. The van der Waals surface area contributed by atoms with Gasteiger partial charge in [0.15, 0.2) is 0 Å². The van der Waals surface area contributed by atoms with E-state index < -0.39 is 0 Å². The van der Waals surface area contributed by atoms with Gasteiger partial charge >= 0.3 is 0 Å². The first-order chi connectivity index (χ1) is 11.2. The predicted octanol–water partition coefficient (Wildman–Crippen LogP) is 2.14. The third kappa shape index (κ3) is 2.32. The van der Waals surface area contributed by atoms with Gasteiger partial charge in [0, 0.05) is 31.1 Å². The summed E-state index contributed by atoms with van der Waals surface area (Å²) in [6.07, 6.45) is 8.16. The molecule has 0 unspecified atom stereocenters. The fraction of sp³-hybridized carbons (Fsp3) is 0.778. The van der Waals surface area contributed by atoms with E-state index in [0.29, 0.717) is 11.9 Å². The molecule has 4 N–H and O–H groups in total. The van der Waals surface area contributed by atoms with Crippen LogP contribution in [0.4, 0.5) is 11.8 Å². The summed E-state index contributed by atoms with van der Waals surface area (Å²) < 4.78 is 0. The molecule has 23 heavy (non-hydrogen) atoms. The van der Waals surface area contributed by atoms with Crippen LogP contribution in [0.25, 0.3) is 0 Å². The van der Waals surface area contributed by atoms with Crippen LogP contribution >= 0.6 is 0 Å². The van der Waals surface area contributed by atoms with Crippen LogP contribution in [0, 0.1) is 23.7 Å². The molecule has 124 valence electrons. The van der Waals surface area contributed by atoms with Crippen molar-refractivity contribution in [1.29, 1.82) is 0 Å². The van der Waals surface area contributed by atoms with E-state index in [-0.39, 0.29) is 6.04 Å². The van der Waals surface area contributed by atoms with E-state index in [4.69, 9.17) is 11.5 Å². The molecule has 1 aliphatic heterocycles. The number of nitrogens with zero attached hydrogens (tertiary/aromatic N) is 3. The molecular weight excluding hydrogens is 286 g/mol. The minimum absolute atomic E-state index is 0.260. The molecule has 5 heteroatoms. The van der Waals surface area contributed by atoms with E-state index in [1.54, 1.807) is 0 Å². The van der Waals surface area contributed by atoms with Gasteiger partial charge in [-0.1, -0.05) is 0 Å². The Labute approximate surface area is 137 Å². The van der Waals surface area contributed by atoms with Crippen LogP contribution in [0.5, 0.6) is 0 Å². The first-order valence-electron chi connectivity index (χ1n) is 9.30. The fourth-order valence-corrected chi connectivity index (χ4v) is 6.21. The maximum Gasteiger partial charge on any atom is 0.222 e. The number of hydrogen-bond donors (Lipinski definition) is 2. The number of rotatable bonds is 2. The van der Waals surface area contributed by atoms with Crippen molar-refractivity contribution in [1.82, 2.24) is 9.97 Å². The van der Waals surface area contributed by atoms with Crippen molar-refractivity contribution < 1.29 is 0 Å². The maximum absolute atomic E-state index is 6.07. The summed E-state index contributed by atoms with van der Waals surface area (Å²) in [7, 11) is 0. The zero-order valence-corrected chi connectivity index (χ0v) is 13.7. The monoisotopic (exact) mass is 313 g/mol. The highest BCUT2D eigenvalue weighted by Crippen LogP contribution is 2.59. The highest BCUT2D eigenvalue weighted by Gasteiger charge is 2.49. The van der Waals surface area contributed by atoms with Crippen LogP contribution in [-0.4, -0.2) is 29.1 Å². The smallest absolute Gasteiger partial charge is 0.222 e. The zero-order chi connectivity index (χ0) is 15.6. The Morgan fingerprint density at radius 2 is 1.70 bits per heavy atom. The van der Waals surface area contributed by atoms with Gasteiger partial charge in [0.25, 0.3) is 0 Å². The highest BCUT2D eigenvalue weighted by atomic mass is 15.2. The molecule has 5 aliphatic rings. The Morgan fingerprint density at radius 1 is 1.00 bits per heavy atom. The Kier molecular flexibility index (Phi) is 3.09. The van der Waals surface area contributed by atoms with E-state index >= 15 is 0 Å². The average molecular weight is 313 g/mol. The van der Waals surface area contributed by atoms with E-state index in [2.05, 4.69) is 20.9 Å². The predicted molar refractivity (Wildman–Crippen MR) is 91.0 cm³/mol. The highest BCUT2D eigenvalue weighted by molar-refractivity contribution is 5.46. The summed E-state index contributed by atoms with van der Waals surface area (Å²) in [6, 6.07) is 2.48. The van der Waals surface area contributed by atoms with Crippen molar-refractivity contribution in [3.63, 3.8) is 0 Å². The van der Waals surface area contributed by atoms with Crippen LogP contribution in [0.2, 0.25) is 0 Å². The molecule has 1 atom stereocenters. The van der Waals surface area contributed by atoms with Crippen LogP contribution in [-0.2, 0) is 0 Å². The van der Waals surface area contributed by atoms with Gasteiger partial charge in [-0.3, -0.25) is 0 Å². The third-order valence-electron chi connectivity index (χ3n) is 6.87. The average Bonchev–Trinajstić information content (AvgIpc) is 2.92. The van der Waals surface area contributed by atoms with Gasteiger partial charge in [0.1, 0.15) is 5.82 Å². The van der Waals surface area contributed by atoms with Crippen LogP contribution in [0.1, 0.15) is 50.1 Å². The van der Waals surface area contributed by atoms with Crippen LogP contribution in [0.15, 0.2) is 6.07 Å². The second-order valence-corrected chi connectivity index (χ2v) is 8.46. The molecule has 0 amide bonds. The Balaban J connectivity index is 1.47. The molecule has 0 spiro atoms. The SMILES string of the molecule is Nc1nc(C2C3CC4CC(C3)CC2C4)cc(N2CC[C@H](N)C2)n1. The number of nitrogen functional groups attached to an aromatic ring is 1. The largest absolute Gasteiger partial charge is 0.368 e. The van der Waals surface area contributed by atoms with E-state index in [9.17, 15) is 0 Å². The molecule has 1 aromatic heterocycles. The second-order valence-electron chi connectivity index (χ2n) is 8.46. The lowest BCUT2D eigenvalue weighted by Gasteiger charge is -2.54. The van der Waals surface area contributed by atoms with E-state index in [1.807, 2.05) is 0 Å². The van der Waals surface area contributed by atoms with Gasteiger partial charge in [0.05, 0.1) is 5.69 Å². The fourth-order valence-electron chi connectivity index (χ4n) is 6.21. The lowest BCUT2D eigenvalue weighted by molar-refractivity contribution is -0.00412. The molecule has 4 bridgehead atoms. The molecule has 1 saturated heterocycles. The molecule has 2 heterocycles. The van der Waals surface area contributed by atoms with E-state index in [0.717, 1.165) is 49.0 Å². The molecule has 5 fully saturated rings. The van der Waals surface area contributed by atoms with Gasteiger partial charge < -0.3 is 16.4 Å². The van der Waals surface area contributed by atoms with E-state index in [1.165, 1.54) is 37.8 Å². The van der Waals surface area contributed by atoms with Crippen LogP contribution in [0.3, 0.4) is 0 Å². The molecule has 1 aromatic rings. The summed E-state index contributed by atoms with van der Waals surface area (Å²) in [4.78, 5) is 11.5. The topological polar surface area (TPSA) is 81.1 Å². The minimum atomic E-state index is 0.260. The zero-order valence-electron chi connectivity index (χ0n) is 13.7. The summed E-state index contributed by atoms with van der Waals surface area (Å²) in [5.74, 6) is 5.68. The Hall–Kier alpha value is -1.36. The molecule has 6 rings (SSSR count). The molecule has 0 radical (unpaired) electrons. The quantitative estimate of drug-likeness (QED) is 0.874. The normalized spacial score (nSPS) is 41.7. The van der Waals surface area contributed by atoms with Gasteiger partial charge in [0.2, 0.25) is 5.95 Å². The van der Waals surface area contributed by atoms with Crippen molar-refractivity contribution in [3.8, 4) is 0 Å². The van der Waals surface area contributed by atoms with Gasteiger partial charge in [-0.2, -0.15) is 4.98 Å². The minimum Gasteiger partial charge on any atom is -0.368 e. The first kappa shape index (κ1) is 14.0. The molecular formula is C18H27N5. The second kappa shape index (κ2) is 5.07. The first-order valence-corrected chi connectivity index (χ1v) is 9.30. The van der Waals surface area contributed by atoms with Crippen molar-refractivity contribution in [3.05, 3.63) is 11.8 Å². The number of aromatic nitrogens is 2. The van der Waals surface area contributed by atoms with Crippen molar-refractivity contribution in [2.75, 3.05) is 23.7 Å². The summed E-state index contributed by atoms with van der Waals surface area (Å²) >= 11 is 0. The lowest BCUT2D eigenvalue weighted by Crippen LogP contribution is -2.44. The maximum atomic E-state index is 6.07. The van der Waals surface area contributed by atoms with Crippen molar-refractivity contribution in [2.45, 2.75) is 50.5 Å². The van der Waals surface area contributed by atoms with Crippen LogP contribution < -0.4 is 16.4 Å². The molecule has 4 saturated carbocycles. The summed E-state index contributed by atoms with van der Waals surface area (Å²) in [5, 5.41) is 0. The number of anilines is 2. The Morgan fingerprint density at radius 3 is 2.30 bits per heavy atom. The molecule has 4 aliphatic carbocycles. The third-order valence-corrected chi connectivity index (χ3v) is 6.87. The molecule has 0 aromatic carbocycles. The Bertz CT molecular complexity index is 587. The van der Waals surface area contributed by atoms with Crippen molar-refractivity contribution in [2.24, 2.45) is 29.4 Å². The van der Waals surface area contributed by atoms with Gasteiger partial charge in [-0.25, -0.2) is 4.98 Å². The summed E-state index contributed by atoms with van der Waals surface area (Å²) in [5.41, 5.74) is 13.3.